The monoisotopic (exact) mass is 169 g/mol. The molecule has 0 spiro atoms. The molecule has 1 rings (SSSR count). The van der Waals surface area contributed by atoms with Crippen molar-refractivity contribution < 1.29 is 9.59 Å². The van der Waals surface area contributed by atoms with Crippen LogP contribution in [0.2, 0.25) is 0 Å². The highest BCUT2D eigenvalue weighted by Gasteiger charge is 2.32. The average Bonchev–Trinajstić information content (AvgIpc) is 2.08. The smallest absolute Gasteiger partial charge is 0.202 e. The molecule has 0 aromatic heterocycles. The lowest BCUT2D eigenvalue weighted by Gasteiger charge is -2.24. The Labute approximate surface area is 72.3 Å². The van der Waals surface area contributed by atoms with E-state index in [1.54, 1.807) is 0 Å². The lowest BCUT2D eigenvalue weighted by Crippen LogP contribution is -2.40. The second-order valence-corrected chi connectivity index (χ2v) is 3.36. The molecule has 1 aliphatic rings. The minimum absolute atomic E-state index is 0.123. The number of carbonyl (C=O) groups excluding carboxylic acids is 2. The van der Waals surface area contributed by atoms with Gasteiger partial charge in [0, 0.05) is 18.4 Å². The van der Waals surface area contributed by atoms with Crippen LogP contribution in [-0.2, 0) is 9.59 Å². The molecule has 1 saturated carbocycles. The van der Waals surface area contributed by atoms with Crippen molar-refractivity contribution in [3.8, 4) is 0 Å². The van der Waals surface area contributed by atoms with Crippen molar-refractivity contribution >= 4 is 11.6 Å². The largest absolute Gasteiger partial charge is 0.327 e. The van der Waals surface area contributed by atoms with E-state index in [9.17, 15) is 9.59 Å². The molecule has 0 aliphatic heterocycles. The third-order valence-electron chi connectivity index (χ3n) is 2.52. The van der Waals surface area contributed by atoms with Gasteiger partial charge in [-0.3, -0.25) is 9.59 Å². The summed E-state index contributed by atoms with van der Waals surface area (Å²) in [5, 5.41) is 0. The van der Waals surface area contributed by atoms with Gasteiger partial charge in [0.15, 0.2) is 5.78 Å². The topological polar surface area (TPSA) is 60.2 Å². The molecular formula is C9H15NO2. The maximum atomic E-state index is 11.3. The summed E-state index contributed by atoms with van der Waals surface area (Å²) in [5.74, 6) is -0.665. The van der Waals surface area contributed by atoms with E-state index in [4.69, 9.17) is 5.73 Å². The summed E-state index contributed by atoms with van der Waals surface area (Å²) in [5.41, 5.74) is 5.73. The number of carbonyl (C=O) groups is 2. The van der Waals surface area contributed by atoms with Gasteiger partial charge in [-0.1, -0.05) is 6.92 Å². The molecule has 68 valence electrons. The maximum Gasteiger partial charge on any atom is 0.202 e. The zero-order valence-corrected chi connectivity index (χ0v) is 7.38. The Morgan fingerprint density at radius 2 is 2.25 bits per heavy atom. The van der Waals surface area contributed by atoms with Gasteiger partial charge in [-0.15, -0.1) is 0 Å². The minimum atomic E-state index is -0.240. The van der Waals surface area contributed by atoms with Gasteiger partial charge < -0.3 is 5.73 Å². The molecule has 0 saturated heterocycles. The van der Waals surface area contributed by atoms with E-state index in [1.807, 2.05) is 6.92 Å². The first kappa shape index (κ1) is 9.39. The molecule has 0 aromatic carbocycles. The van der Waals surface area contributed by atoms with Crippen LogP contribution in [0.4, 0.5) is 0 Å². The Morgan fingerprint density at radius 1 is 1.58 bits per heavy atom. The molecule has 12 heavy (non-hydrogen) atoms. The van der Waals surface area contributed by atoms with Crippen LogP contribution in [-0.4, -0.2) is 17.6 Å². The van der Waals surface area contributed by atoms with E-state index in [0.29, 0.717) is 6.42 Å². The van der Waals surface area contributed by atoms with Gasteiger partial charge in [-0.2, -0.15) is 0 Å². The van der Waals surface area contributed by atoms with Crippen LogP contribution in [0.5, 0.6) is 0 Å². The lowest BCUT2D eigenvalue weighted by molar-refractivity contribution is -0.141. The van der Waals surface area contributed by atoms with Crippen molar-refractivity contribution in [1.82, 2.24) is 0 Å². The van der Waals surface area contributed by atoms with Crippen molar-refractivity contribution in [2.75, 3.05) is 0 Å². The second kappa shape index (κ2) is 3.81. The van der Waals surface area contributed by atoms with Gasteiger partial charge in [-0.05, 0) is 19.3 Å². The number of Topliss-reactive ketones (excluding diaryl/α,β-unsaturated/α-hetero) is 2. The quantitative estimate of drug-likeness (QED) is 0.618. The van der Waals surface area contributed by atoms with E-state index in [0.717, 1.165) is 19.3 Å². The van der Waals surface area contributed by atoms with Gasteiger partial charge >= 0.3 is 0 Å². The molecular weight excluding hydrogens is 154 g/mol. The number of hydrogen-bond donors (Lipinski definition) is 1. The molecule has 2 unspecified atom stereocenters. The highest BCUT2D eigenvalue weighted by molar-refractivity contribution is 6.38. The van der Waals surface area contributed by atoms with Gasteiger partial charge in [0.1, 0.15) is 0 Å². The average molecular weight is 169 g/mol. The zero-order valence-electron chi connectivity index (χ0n) is 7.38. The van der Waals surface area contributed by atoms with E-state index >= 15 is 0 Å². The predicted octanol–water partition coefficient (Wildman–Crippen LogP) is 0.662. The van der Waals surface area contributed by atoms with Crippen LogP contribution in [0, 0.1) is 5.92 Å². The minimum Gasteiger partial charge on any atom is -0.327 e. The summed E-state index contributed by atoms with van der Waals surface area (Å²) >= 11 is 0. The van der Waals surface area contributed by atoms with Crippen molar-refractivity contribution in [3.05, 3.63) is 0 Å². The van der Waals surface area contributed by atoms with Gasteiger partial charge in [-0.25, -0.2) is 0 Å². The molecule has 0 aromatic rings. The van der Waals surface area contributed by atoms with Crippen LogP contribution < -0.4 is 5.73 Å². The van der Waals surface area contributed by atoms with Crippen LogP contribution >= 0.6 is 0 Å². The normalized spacial score (nSPS) is 27.3. The lowest BCUT2D eigenvalue weighted by atomic mass is 9.81. The molecule has 0 heterocycles. The first-order valence-electron chi connectivity index (χ1n) is 4.49. The molecule has 1 fully saturated rings. The highest BCUT2D eigenvalue weighted by atomic mass is 16.2. The van der Waals surface area contributed by atoms with Gasteiger partial charge in [0.2, 0.25) is 5.78 Å². The number of nitrogens with two attached hydrogens (primary N) is 1. The fourth-order valence-corrected chi connectivity index (χ4v) is 1.64. The third-order valence-corrected chi connectivity index (χ3v) is 2.52. The number of hydrogen-bond acceptors (Lipinski definition) is 3. The Morgan fingerprint density at radius 3 is 2.83 bits per heavy atom. The van der Waals surface area contributed by atoms with Crippen LogP contribution in [0.15, 0.2) is 0 Å². The van der Waals surface area contributed by atoms with Crippen molar-refractivity contribution in [3.63, 3.8) is 0 Å². The Kier molecular flexibility index (Phi) is 2.98. The number of ketones is 2. The standard InChI is InChI=1S/C9H15NO2/c1-2-7(10)6-4-3-5-8(11)9(6)12/h6-7H,2-5,10H2,1H3. The summed E-state index contributed by atoms with van der Waals surface area (Å²) in [4.78, 5) is 22.3. The first-order valence-corrected chi connectivity index (χ1v) is 4.49. The van der Waals surface area contributed by atoms with Gasteiger partial charge in [0.25, 0.3) is 0 Å². The SMILES string of the molecule is CCC(N)C1CCCC(=O)C1=O. The summed E-state index contributed by atoms with van der Waals surface area (Å²) in [6, 6.07) is -0.123. The van der Waals surface area contributed by atoms with E-state index in [2.05, 4.69) is 0 Å². The molecule has 3 heteroatoms. The number of rotatable bonds is 2. The molecule has 3 nitrogen and oxygen atoms in total. The Balaban J connectivity index is 2.64. The van der Waals surface area contributed by atoms with Crippen LogP contribution in [0.25, 0.3) is 0 Å². The van der Waals surface area contributed by atoms with E-state index < -0.39 is 0 Å². The fraction of sp³-hybridized carbons (Fsp3) is 0.778. The maximum absolute atomic E-state index is 11.3. The Bertz CT molecular complexity index is 201. The highest BCUT2D eigenvalue weighted by Crippen LogP contribution is 2.21. The molecule has 0 radical (unpaired) electrons. The zero-order chi connectivity index (χ0) is 9.14. The predicted molar refractivity (Wildman–Crippen MR) is 45.6 cm³/mol. The molecule has 2 N–H and O–H groups in total. The first-order chi connectivity index (χ1) is 5.66. The van der Waals surface area contributed by atoms with E-state index in [1.165, 1.54) is 0 Å². The van der Waals surface area contributed by atoms with Gasteiger partial charge in [0.05, 0.1) is 0 Å². The van der Waals surface area contributed by atoms with E-state index in [-0.39, 0.29) is 23.5 Å². The fourth-order valence-electron chi connectivity index (χ4n) is 1.64. The molecule has 0 amide bonds. The molecule has 0 bridgehead atoms. The van der Waals surface area contributed by atoms with Crippen LogP contribution in [0.3, 0.4) is 0 Å². The van der Waals surface area contributed by atoms with Crippen molar-refractivity contribution in [2.24, 2.45) is 11.7 Å². The van der Waals surface area contributed by atoms with Crippen molar-refractivity contribution in [2.45, 2.75) is 38.6 Å². The summed E-state index contributed by atoms with van der Waals surface area (Å²) in [7, 11) is 0. The third kappa shape index (κ3) is 1.72. The molecule has 2 atom stereocenters. The summed E-state index contributed by atoms with van der Waals surface area (Å²) in [6.45, 7) is 1.94. The Hall–Kier alpha value is -0.700. The molecule has 1 aliphatic carbocycles. The van der Waals surface area contributed by atoms with Crippen molar-refractivity contribution in [1.29, 1.82) is 0 Å². The van der Waals surface area contributed by atoms with Crippen LogP contribution in [0.1, 0.15) is 32.6 Å². The summed E-state index contributed by atoms with van der Waals surface area (Å²) < 4.78 is 0. The second-order valence-electron chi connectivity index (χ2n) is 3.36. The summed E-state index contributed by atoms with van der Waals surface area (Å²) in [6.07, 6.45) is 2.80.